The van der Waals surface area contributed by atoms with Gasteiger partial charge >= 0.3 is 0 Å². The first-order valence-corrected chi connectivity index (χ1v) is 14.2. The third-order valence-electron chi connectivity index (χ3n) is 6.44. The van der Waals surface area contributed by atoms with E-state index in [9.17, 15) is 18.3 Å². The number of fused-ring (bicyclic) bond motifs is 1. The van der Waals surface area contributed by atoms with Gasteiger partial charge in [-0.05, 0) is 42.4 Å². The maximum absolute atomic E-state index is 13.9. The number of unbranched alkanes of at least 4 members (excludes halogenated alkanes) is 1. The molecule has 204 valence electrons. The molecule has 9 nitrogen and oxygen atoms in total. The van der Waals surface area contributed by atoms with Crippen LogP contribution < -0.4 is 14.8 Å². The first-order chi connectivity index (χ1) is 18.0. The Morgan fingerprint density at radius 2 is 1.87 bits per heavy atom. The standard InChI is InChI=1S/C27H36BN3O6S/c1-27(2,12-6-7-13-29)19-31(38(34,35)21-10-11-24-25(17-21)37-15-14-36-24)18-23(32)22(30-26(28)33)16-20-8-4-3-5-9-20/h3-5,8-11,17,22-23,32H,6-7,12,14-16,18-19,28H2,1-2H3,(H,30,33)/t22-,23+/m0/s1. The number of hydrogen-bond donors (Lipinski definition) is 2. The van der Waals surface area contributed by atoms with E-state index in [4.69, 9.17) is 14.7 Å². The lowest BCUT2D eigenvalue weighted by molar-refractivity contribution is 0.0969. The van der Waals surface area contributed by atoms with E-state index >= 15 is 0 Å². The van der Waals surface area contributed by atoms with Crippen LogP contribution in [-0.4, -0.2) is 69.9 Å². The van der Waals surface area contributed by atoms with Crippen LogP contribution >= 0.6 is 0 Å². The van der Waals surface area contributed by atoms with Gasteiger partial charge in [-0.3, -0.25) is 4.79 Å². The summed E-state index contributed by atoms with van der Waals surface area (Å²) in [5.74, 6) is 0.515. The van der Waals surface area contributed by atoms with Crippen molar-refractivity contribution in [3.8, 4) is 17.6 Å². The number of ether oxygens (including phenoxy) is 2. The van der Waals surface area contributed by atoms with Crippen molar-refractivity contribution in [2.45, 2.75) is 56.6 Å². The van der Waals surface area contributed by atoms with Crippen molar-refractivity contribution in [3.63, 3.8) is 0 Å². The van der Waals surface area contributed by atoms with E-state index in [1.807, 2.05) is 44.2 Å². The van der Waals surface area contributed by atoms with E-state index in [2.05, 4.69) is 11.4 Å². The molecule has 0 radical (unpaired) electrons. The average molecular weight is 541 g/mol. The number of carbonyl (C=O) groups excluding carboxylic acids is 1. The highest BCUT2D eigenvalue weighted by Gasteiger charge is 2.35. The number of benzene rings is 2. The highest BCUT2D eigenvalue weighted by atomic mass is 32.2. The van der Waals surface area contributed by atoms with Gasteiger partial charge in [-0.25, -0.2) is 8.42 Å². The average Bonchev–Trinajstić information content (AvgIpc) is 2.88. The summed E-state index contributed by atoms with van der Waals surface area (Å²) in [5, 5.41) is 23.0. The third kappa shape index (κ3) is 8.22. The molecule has 0 bridgehead atoms. The van der Waals surface area contributed by atoms with Crippen LogP contribution in [0, 0.1) is 16.7 Å². The van der Waals surface area contributed by atoms with Gasteiger partial charge in [0, 0.05) is 25.6 Å². The van der Waals surface area contributed by atoms with Crippen molar-refractivity contribution in [2.75, 3.05) is 26.3 Å². The van der Waals surface area contributed by atoms with Gasteiger partial charge in [-0.1, -0.05) is 44.2 Å². The first kappa shape index (κ1) is 29.5. The molecule has 1 amide bonds. The molecular formula is C27H36BN3O6S. The number of carbonyl (C=O) groups is 1. The number of nitriles is 1. The van der Waals surface area contributed by atoms with Gasteiger partial charge < -0.3 is 19.9 Å². The quantitative estimate of drug-likeness (QED) is 0.295. The molecule has 0 fully saturated rings. The molecule has 0 saturated heterocycles. The van der Waals surface area contributed by atoms with Crippen LogP contribution in [0.5, 0.6) is 11.5 Å². The van der Waals surface area contributed by atoms with Crippen LogP contribution in [0.3, 0.4) is 0 Å². The van der Waals surface area contributed by atoms with E-state index < -0.39 is 27.6 Å². The minimum Gasteiger partial charge on any atom is -0.486 e. The molecule has 1 heterocycles. The molecule has 0 spiro atoms. The zero-order chi connectivity index (χ0) is 27.8. The van der Waals surface area contributed by atoms with Gasteiger partial charge in [0.05, 0.1) is 23.1 Å². The third-order valence-corrected chi connectivity index (χ3v) is 8.25. The van der Waals surface area contributed by atoms with Gasteiger partial charge in [-0.15, -0.1) is 0 Å². The fraction of sp³-hybridized carbons (Fsp3) is 0.481. The summed E-state index contributed by atoms with van der Waals surface area (Å²) in [6.45, 7) is 4.49. The van der Waals surface area contributed by atoms with E-state index in [-0.39, 0.29) is 23.8 Å². The summed E-state index contributed by atoms with van der Waals surface area (Å²) in [6, 6.07) is 15.3. The first-order valence-electron chi connectivity index (χ1n) is 12.8. The zero-order valence-electron chi connectivity index (χ0n) is 22.2. The molecule has 3 rings (SSSR count). The SMILES string of the molecule is BC(=O)N[C@@H](Cc1ccccc1)[C@H](O)CN(CC(C)(C)CCCC#N)S(=O)(=O)c1ccc2c(c1)OCCO2. The molecule has 2 aromatic carbocycles. The second-order valence-electron chi connectivity index (χ2n) is 10.3. The summed E-state index contributed by atoms with van der Waals surface area (Å²) in [4.78, 5) is 12.0. The largest absolute Gasteiger partial charge is 0.486 e. The van der Waals surface area contributed by atoms with Crippen LogP contribution in [0.15, 0.2) is 53.4 Å². The van der Waals surface area contributed by atoms with Crippen molar-refractivity contribution in [1.82, 2.24) is 9.62 Å². The number of aliphatic hydroxyl groups is 1. The van der Waals surface area contributed by atoms with E-state index in [1.54, 1.807) is 6.07 Å². The van der Waals surface area contributed by atoms with Crippen LogP contribution in [0.25, 0.3) is 0 Å². The molecule has 0 saturated carbocycles. The van der Waals surface area contributed by atoms with Crippen molar-refractivity contribution in [2.24, 2.45) is 5.41 Å². The minimum atomic E-state index is -4.07. The second kappa shape index (κ2) is 13.1. The number of rotatable bonds is 13. The number of hydrogen-bond acceptors (Lipinski definition) is 7. The summed E-state index contributed by atoms with van der Waals surface area (Å²) >= 11 is 0. The number of nitrogens with one attached hydrogen (secondary N) is 1. The monoisotopic (exact) mass is 541 g/mol. The molecule has 2 N–H and O–H groups in total. The predicted octanol–water partition coefficient (Wildman–Crippen LogP) is 2.48. The lowest BCUT2D eigenvalue weighted by Crippen LogP contribution is -2.51. The van der Waals surface area contributed by atoms with Gasteiger partial charge in [0.2, 0.25) is 17.9 Å². The van der Waals surface area contributed by atoms with E-state index in [1.165, 1.54) is 24.3 Å². The molecule has 0 aromatic heterocycles. The number of aliphatic hydroxyl groups excluding tert-OH is 1. The fourth-order valence-corrected chi connectivity index (χ4v) is 6.19. The van der Waals surface area contributed by atoms with E-state index in [0.717, 1.165) is 5.56 Å². The number of sulfonamides is 1. The van der Waals surface area contributed by atoms with Gasteiger partial charge in [0.15, 0.2) is 17.3 Å². The molecular weight excluding hydrogens is 505 g/mol. The molecule has 0 aliphatic carbocycles. The Bertz CT molecular complexity index is 1230. The van der Waals surface area contributed by atoms with Crippen molar-refractivity contribution in [1.29, 1.82) is 5.26 Å². The Balaban J connectivity index is 1.91. The van der Waals surface area contributed by atoms with Crippen molar-refractivity contribution >= 4 is 23.7 Å². The topological polar surface area (TPSA) is 129 Å². The Morgan fingerprint density at radius 1 is 1.18 bits per heavy atom. The van der Waals surface area contributed by atoms with Gasteiger partial charge in [-0.2, -0.15) is 9.57 Å². The minimum absolute atomic E-state index is 0.0286. The van der Waals surface area contributed by atoms with Crippen molar-refractivity contribution in [3.05, 3.63) is 54.1 Å². The summed E-state index contributed by atoms with van der Waals surface area (Å²) in [5.41, 5.74) is 0.434. The molecule has 2 atom stereocenters. The molecule has 1 aliphatic rings. The highest BCUT2D eigenvalue weighted by Crippen LogP contribution is 2.34. The Morgan fingerprint density at radius 3 is 2.53 bits per heavy atom. The summed E-state index contributed by atoms with van der Waals surface area (Å²) < 4.78 is 40.3. The highest BCUT2D eigenvalue weighted by molar-refractivity contribution is 7.89. The Hall–Kier alpha value is -3.07. The maximum Gasteiger partial charge on any atom is 0.243 e. The van der Waals surface area contributed by atoms with Crippen molar-refractivity contribution < 1.29 is 27.8 Å². The molecule has 38 heavy (non-hydrogen) atoms. The lowest BCUT2D eigenvalue weighted by atomic mass is 9.87. The smallest absolute Gasteiger partial charge is 0.243 e. The molecule has 11 heteroatoms. The number of nitrogens with zero attached hydrogens (tertiary/aromatic N) is 2. The fourth-order valence-electron chi connectivity index (χ4n) is 4.53. The lowest BCUT2D eigenvalue weighted by Gasteiger charge is -2.35. The van der Waals surface area contributed by atoms with E-state index in [0.29, 0.717) is 50.4 Å². The maximum atomic E-state index is 13.9. The molecule has 1 aliphatic heterocycles. The second-order valence-corrected chi connectivity index (χ2v) is 12.3. The van der Waals surface area contributed by atoms with Crippen LogP contribution in [-0.2, 0) is 16.4 Å². The summed E-state index contributed by atoms with van der Waals surface area (Å²) in [6.07, 6.45) is 0.796. The van der Waals surface area contributed by atoms with Crippen LogP contribution in [0.2, 0.25) is 0 Å². The van der Waals surface area contributed by atoms with Gasteiger partial charge in [0.1, 0.15) is 13.2 Å². The zero-order valence-corrected chi connectivity index (χ0v) is 23.0. The molecule has 2 aromatic rings. The Kier molecular flexibility index (Phi) is 10.2. The molecule has 0 unspecified atom stereocenters. The van der Waals surface area contributed by atoms with Crippen LogP contribution in [0.1, 0.15) is 38.7 Å². The van der Waals surface area contributed by atoms with Crippen LogP contribution in [0.4, 0.5) is 4.79 Å². The van der Waals surface area contributed by atoms with Gasteiger partial charge in [0.25, 0.3) is 0 Å². The Labute approximate surface area is 226 Å². The normalized spacial score (nSPS) is 14.9. The summed E-state index contributed by atoms with van der Waals surface area (Å²) in [7, 11) is -2.70. The number of amides is 1. The predicted molar refractivity (Wildman–Crippen MR) is 146 cm³/mol.